The SMILES string of the molecule is CN(CC(=O)O)C1CCCN(CCOc2ccccc2Cl)CC1. The lowest BCUT2D eigenvalue weighted by Crippen LogP contribution is -2.37. The first-order chi connectivity index (χ1) is 11.1. The second kappa shape index (κ2) is 9.11. The lowest BCUT2D eigenvalue weighted by Gasteiger charge is -2.25. The van der Waals surface area contributed by atoms with Crippen LogP contribution in [0.5, 0.6) is 5.75 Å². The highest BCUT2D eigenvalue weighted by Crippen LogP contribution is 2.23. The maximum atomic E-state index is 10.8. The van der Waals surface area contributed by atoms with Gasteiger partial charge in [-0.1, -0.05) is 23.7 Å². The van der Waals surface area contributed by atoms with E-state index in [0.717, 1.165) is 44.6 Å². The van der Waals surface area contributed by atoms with Crippen LogP contribution >= 0.6 is 11.6 Å². The van der Waals surface area contributed by atoms with Gasteiger partial charge in [0.15, 0.2) is 0 Å². The average Bonchev–Trinajstić information content (AvgIpc) is 2.74. The number of aliphatic carboxylic acids is 1. The van der Waals surface area contributed by atoms with Gasteiger partial charge in [-0.15, -0.1) is 0 Å². The Bertz CT molecular complexity index is 512. The van der Waals surface area contributed by atoms with Crippen LogP contribution in [0.25, 0.3) is 0 Å². The number of carboxylic acid groups (broad SMARTS) is 1. The molecule has 1 saturated heterocycles. The number of para-hydroxylation sites is 1. The van der Waals surface area contributed by atoms with Crippen molar-refractivity contribution in [3.8, 4) is 5.75 Å². The van der Waals surface area contributed by atoms with Crippen LogP contribution in [0.15, 0.2) is 24.3 Å². The van der Waals surface area contributed by atoms with Crippen LogP contribution in [0.4, 0.5) is 0 Å². The fraction of sp³-hybridized carbons (Fsp3) is 0.588. The van der Waals surface area contributed by atoms with Gasteiger partial charge < -0.3 is 9.84 Å². The molecule has 1 heterocycles. The average molecular weight is 341 g/mol. The molecule has 1 unspecified atom stereocenters. The Labute approximate surface area is 142 Å². The molecule has 0 aliphatic carbocycles. The molecule has 0 bridgehead atoms. The molecular weight excluding hydrogens is 316 g/mol. The molecule has 1 aromatic carbocycles. The maximum Gasteiger partial charge on any atom is 0.317 e. The van der Waals surface area contributed by atoms with Gasteiger partial charge in [-0.2, -0.15) is 0 Å². The lowest BCUT2D eigenvalue weighted by atomic mass is 10.1. The summed E-state index contributed by atoms with van der Waals surface area (Å²) in [7, 11) is 1.90. The van der Waals surface area contributed by atoms with Crippen LogP contribution < -0.4 is 4.74 Å². The summed E-state index contributed by atoms with van der Waals surface area (Å²) in [6, 6.07) is 7.85. The second-order valence-electron chi connectivity index (χ2n) is 6.01. The highest BCUT2D eigenvalue weighted by Gasteiger charge is 2.21. The molecule has 23 heavy (non-hydrogen) atoms. The normalized spacial score (nSPS) is 19.5. The van der Waals surface area contributed by atoms with Crippen LogP contribution in [-0.4, -0.2) is 66.8 Å². The van der Waals surface area contributed by atoms with E-state index in [1.54, 1.807) is 0 Å². The lowest BCUT2D eigenvalue weighted by molar-refractivity contribution is -0.138. The Kier molecular flexibility index (Phi) is 7.15. The first kappa shape index (κ1) is 18.0. The smallest absolute Gasteiger partial charge is 0.317 e. The van der Waals surface area contributed by atoms with Crippen molar-refractivity contribution in [2.45, 2.75) is 25.3 Å². The number of ether oxygens (including phenoxy) is 1. The number of likely N-dealkylation sites (tertiary alicyclic amines) is 1. The number of hydrogen-bond donors (Lipinski definition) is 1. The molecule has 0 amide bonds. The first-order valence-electron chi connectivity index (χ1n) is 8.08. The van der Waals surface area contributed by atoms with Crippen molar-refractivity contribution in [2.75, 3.05) is 39.8 Å². The molecule has 0 spiro atoms. The maximum absolute atomic E-state index is 10.8. The van der Waals surface area contributed by atoms with Gasteiger partial charge in [0.1, 0.15) is 12.4 Å². The molecule has 1 atom stereocenters. The van der Waals surface area contributed by atoms with Gasteiger partial charge in [-0.3, -0.25) is 14.6 Å². The number of likely N-dealkylation sites (N-methyl/N-ethyl adjacent to an activating group) is 1. The summed E-state index contributed by atoms with van der Waals surface area (Å²) < 4.78 is 5.75. The highest BCUT2D eigenvalue weighted by molar-refractivity contribution is 6.32. The highest BCUT2D eigenvalue weighted by atomic mass is 35.5. The predicted molar refractivity (Wildman–Crippen MR) is 91.3 cm³/mol. The number of rotatable bonds is 7. The minimum absolute atomic E-state index is 0.111. The third kappa shape index (κ3) is 6.01. The summed E-state index contributed by atoms with van der Waals surface area (Å²) in [6.45, 7) is 3.59. The van der Waals surface area contributed by atoms with Gasteiger partial charge in [0.25, 0.3) is 0 Å². The zero-order valence-electron chi connectivity index (χ0n) is 13.6. The monoisotopic (exact) mass is 340 g/mol. The summed E-state index contributed by atoms with van der Waals surface area (Å²) in [5, 5.41) is 9.54. The molecule has 1 aliphatic heterocycles. The van der Waals surface area contributed by atoms with Crippen molar-refractivity contribution in [3.63, 3.8) is 0 Å². The molecular formula is C17H25ClN2O3. The molecule has 1 fully saturated rings. The largest absolute Gasteiger partial charge is 0.491 e. The van der Waals surface area contributed by atoms with Crippen molar-refractivity contribution < 1.29 is 14.6 Å². The summed E-state index contributed by atoms with van der Waals surface area (Å²) in [5.41, 5.74) is 0. The van der Waals surface area contributed by atoms with Gasteiger partial charge in [0.05, 0.1) is 11.6 Å². The molecule has 5 nitrogen and oxygen atoms in total. The minimum atomic E-state index is -0.762. The van der Waals surface area contributed by atoms with Crippen molar-refractivity contribution in [1.29, 1.82) is 0 Å². The van der Waals surface area contributed by atoms with Gasteiger partial charge in [0.2, 0.25) is 0 Å². The van der Waals surface area contributed by atoms with Crippen molar-refractivity contribution in [1.82, 2.24) is 9.80 Å². The van der Waals surface area contributed by atoms with E-state index in [-0.39, 0.29) is 6.54 Å². The van der Waals surface area contributed by atoms with E-state index in [1.165, 1.54) is 0 Å². The third-order valence-corrected chi connectivity index (χ3v) is 4.61. The molecule has 0 aromatic heterocycles. The van der Waals surface area contributed by atoms with Crippen LogP contribution in [-0.2, 0) is 4.79 Å². The summed E-state index contributed by atoms with van der Waals surface area (Å²) >= 11 is 6.08. The predicted octanol–water partition coefficient (Wildman–Crippen LogP) is 2.59. The number of carboxylic acids is 1. The van der Waals surface area contributed by atoms with Gasteiger partial charge >= 0.3 is 5.97 Å². The topological polar surface area (TPSA) is 53.0 Å². The van der Waals surface area contributed by atoms with E-state index >= 15 is 0 Å². The van der Waals surface area contributed by atoms with Gasteiger partial charge in [-0.05, 0) is 51.5 Å². The molecule has 1 N–H and O–H groups in total. The zero-order chi connectivity index (χ0) is 16.7. The van der Waals surface area contributed by atoms with E-state index in [0.29, 0.717) is 17.7 Å². The molecule has 1 aromatic rings. The van der Waals surface area contributed by atoms with Crippen LogP contribution in [0.1, 0.15) is 19.3 Å². The molecule has 1 aliphatic rings. The summed E-state index contributed by atoms with van der Waals surface area (Å²) in [5.74, 6) is -0.0372. The molecule has 6 heteroatoms. The fourth-order valence-electron chi connectivity index (χ4n) is 2.99. The van der Waals surface area contributed by atoms with Crippen LogP contribution in [0.3, 0.4) is 0 Å². The van der Waals surface area contributed by atoms with Crippen LogP contribution in [0.2, 0.25) is 5.02 Å². The Morgan fingerprint density at radius 1 is 1.39 bits per heavy atom. The van der Waals surface area contributed by atoms with Crippen molar-refractivity contribution in [2.24, 2.45) is 0 Å². The van der Waals surface area contributed by atoms with E-state index in [1.807, 2.05) is 36.2 Å². The third-order valence-electron chi connectivity index (χ3n) is 4.30. The minimum Gasteiger partial charge on any atom is -0.491 e. The number of benzene rings is 1. The number of halogens is 1. The Balaban J connectivity index is 1.73. The quantitative estimate of drug-likeness (QED) is 0.826. The fourth-order valence-corrected chi connectivity index (χ4v) is 3.18. The molecule has 0 saturated carbocycles. The van der Waals surface area contributed by atoms with Gasteiger partial charge in [0, 0.05) is 12.6 Å². The van der Waals surface area contributed by atoms with E-state index < -0.39 is 5.97 Å². The molecule has 0 radical (unpaired) electrons. The Morgan fingerprint density at radius 2 is 2.17 bits per heavy atom. The molecule has 2 rings (SSSR count). The summed E-state index contributed by atoms with van der Waals surface area (Å²) in [4.78, 5) is 15.2. The standard InChI is InChI=1S/C17H25ClN2O3/c1-19(13-17(21)22)14-5-4-9-20(10-8-14)11-12-23-16-7-3-2-6-15(16)18/h2-3,6-7,14H,4-5,8-13H2,1H3,(H,21,22). The molecule has 128 valence electrons. The Morgan fingerprint density at radius 3 is 2.91 bits per heavy atom. The number of hydrogen-bond acceptors (Lipinski definition) is 4. The van der Waals surface area contributed by atoms with Crippen molar-refractivity contribution in [3.05, 3.63) is 29.3 Å². The first-order valence-corrected chi connectivity index (χ1v) is 8.46. The second-order valence-corrected chi connectivity index (χ2v) is 6.42. The van der Waals surface area contributed by atoms with Crippen molar-refractivity contribution >= 4 is 17.6 Å². The van der Waals surface area contributed by atoms with E-state index in [4.69, 9.17) is 21.4 Å². The van der Waals surface area contributed by atoms with Crippen LogP contribution in [0, 0.1) is 0 Å². The van der Waals surface area contributed by atoms with E-state index in [2.05, 4.69) is 4.90 Å². The number of carbonyl (C=O) groups is 1. The Hall–Kier alpha value is -1.30. The summed E-state index contributed by atoms with van der Waals surface area (Å²) in [6.07, 6.45) is 3.13. The van der Waals surface area contributed by atoms with E-state index in [9.17, 15) is 4.79 Å². The number of nitrogens with zero attached hydrogens (tertiary/aromatic N) is 2. The van der Waals surface area contributed by atoms with Gasteiger partial charge in [-0.25, -0.2) is 0 Å². The zero-order valence-corrected chi connectivity index (χ0v) is 14.3.